The summed E-state index contributed by atoms with van der Waals surface area (Å²) in [6, 6.07) is 33.0. The monoisotopic (exact) mass is 503 g/mol. The standard InChI is InChI=1S/C29H21N5O2S/c1-2-36-28(35)27-33-34(22-16-10-5-11-17-22)29(37-27)32-26-24(19-30)23(20-12-6-3-7-13-20)18-25(31-26)21-14-8-4-9-15-21/h3-18H,2H2,1H3/b32-29-. The van der Waals surface area contributed by atoms with Crippen LogP contribution in [-0.2, 0) is 4.74 Å². The van der Waals surface area contributed by atoms with Crippen LogP contribution in [0, 0.1) is 11.3 Å². The van der Waals surface area contributed by atoms with Crippen LogP contribution in [0.3, 0.4) is 0 Å². The van der Waals surface area contributed by atoms with Gasteiger partial charge in [-0.2, -0.15) is 10.3 Å². The Kier molecular flexibility index (Phi) is 6.97. The fourth-order valence-electron chi connectivity index (χ4n) is 3.78. The lowest BCUT2D eigenvalue weighted by Crippen LogP contribution is -2.14. The zero-order valence-electron chi connectivity index (χ0n) is 19.9. The second kappa shape index (κ2) is 10.8. The number of pyridine rings is 1. The van der Waals surface area contributed by atoms with E-state index < -0.39 is 5.97 Å². The van der Waals surface area contributed by atoms with Gasteiger partial charge in [0, 0.05) is 11.1 Å². The molecule has 0 N–H and O–H groups in total. The number of hydrogen-bond acceptors (Lipinski definition) is 7. The highest BCUT2D eigenvalue weighted by Gasteiger charge is 2.18. The molecule has 0 unspecified atom stereocenters. The Morgan fingerprint density at radius 1 is 0.973 bits per heavy atom. The lowest BCUT2D eigenvalue weighted by Gasteiger charge is -2.10. The van der Waals surface area contributed by atoms with Crippen molar-refractivity contribution in [2.45, 2.75) is 6.92 Å². The van der Waals surface area contributed by atoms with E-state index in [-0.39, 0.29) is 17.4 Å². The fourth-order valence-corrected chi connectivity index (χ4v) is 4.58. The summed E-state index contributed by atoms with van der Waals surface area (Å²) in [4.78, 5) is 22.5. The Labute approximate surface area is 217 Å². The minimum atomic E-state index is -0.532. The third-order valence-corrected chi connectivity index (χ3v) is 6.37. The highest BCUT2D eigenvalue weighted by Crippen LogP contribution is 2.33. The van der Waals surface area contributed by atoms with Crippen molar-refractivity contribution in [2.24, 2.45) is 4.99 Å². The fraction of sp³-hybridized carbons (Fsp3) is 0.0690. The molecule has 0 bridgehead atoms. The molecule has 37 heavy (non-hydrogen) atoms. The first-order valence-corrected chi connectivity index (χ1v) is 12.4. The third kappa shape index (κ3) is 5.08. The summed E-state index contributed by atoms with van der Waals surface area (Å²) in [6.45, 7) is 1.97. The van der Waals surface area contributed by atoms with E-state index in [4.69, 9.17) is 14.7 Å². The number of rotatable bonds is 6. The highest BCUT2D eigenvalue weighted by molar-refractivity contribution is 7.10. The summed E-state index contributed by atoms with van der Waals surface area (Å²) >= 11 is 1.08. The summed E-state index contributed by atoms with van der Waals surface area (Å²) in [7, 11) is 0. The van der Waals surface area contributed by atoms with Crippen molar-refractivity contribution in [1.29, 1.82) is 5.26 Å². The maximum absolute atomic E-state index is 12.5. The third-order valence-electron chi connectivity index (χ3n) is 5.48. The van der Waals surface area contributed by atoms with Crippen LogP contribution in [0.25, 0.3) is 28.1 Å². The SMILES string of the molecule is CCOC(=O)c1nn(-c2ccccc2)/c(=N/c2nc(-c3ccccc3)cc(-c3ccccc3)c2C#N)s1. The van der Waals surface area contributed by atoms with Crippen LogP contribution in [0.1, 0.15) is 22.3 Å². The average molecular weight is 504 g/mol. The molecule has 0 amide bonds. The van der Waals surface area contributed by atoms with E-state index in [1.165, 1.54) is 0 Å². The summed E-state index contributed by atoms with van der Waals surface area (Å²) < 4.78 is 6.73. The first-order chi connectivity index (χ1) is 18.2. The summed E-state index contributed by atoms with van der Waals surface area (Å²) in [6.07, 6.45) is 0. The number of carbonyl (C=O) groups is 1. The number of aromatic nitrogens is 3. The van der Waals surface area contributed by atoms with Gasteiger partial charge in [-0.3, -0.25) is 0 Å². The van der Waals surface area contributed by atoms with E-state index in [1.807, 2.05) is 97.1 Å². The van der Waals surface area contributed by atoms with Crippen LogP contribution >= 0.6 is 11.3 Å². The lowest BCUT2D eigenvalue weighted by molar-refractivity contribution is 0.0524. The van der Waals surface area contributed by atoms with E-state index in [0.717, 1.165) is 28.0 Å². The molecule has 0 saturated carbocycles. The van der Waals surface area contributed by atoms with E-state index in [9.17, 15) is 10.1 Å². The number of nitriles is 1. The maximum atomic E-state index is 12.5. The van der Waals surface area contributed by atoms with E-state index in [1.54, 1.807) is 11.6 Å². The molecule has 0 fully saturated rings. The molecule has 0 spiro atoms. The van der Waals surface area contributed by atoms with Crippen LogP contribution in [-0.4, -0.2) is 27.3 Å². The molecule has 0 atom stereocenters. The minimum absolute atomic E-state index is 0.158. The van der Waals surface area contributed by atoms with E-state index >= 15 is 0 Å². The van der Waals surface area contributed by atoms with E-state index in [0.29, 0.717) is 21.7 Å². The maximum Gasteiger partial charge on any atom is 0.369 e. The number of nitrogens with zero attached hydrogens (tertiary/aromatic N) is 5. The number of para-hydroxylation sites is 1. The van der Waals surface area contributed by atoms with Crippen molar-refractivity contribution < 1.29 is 9.53 Å². The predicted octanol–water partition coefficient (Wildman–Crippen LogP) is 5.94. The van der Waals surface area contributed by atoms with Gasteiger partial charge in [-0.05, 0) is 30.7 Å². The van der Waals surface area contributed by atoms with Crippen LogP contribution in [0.15, 0.2) is 102 Å². The molecule has 5 aromatic rings. The minimum Gasteiger partial charge on any atom is -0.461 e. The molecule has 3 aromatic carbocycles. The quantitative estimate of drug-likeness (QED) is 0.267. The molecule has 0 saturated heterocycles. The van der Waals surface area contributed by atoms with Crippen molar-refractivity contribution >= 4 is 23.1 Å². The van der Waals surface area contributed by atoms with E-state index in [2.05, 4.69) is 11.2 Å². The van der Waals surface area contributed by atoms with Crippen molar-refractivity contribution in [3.8, 4) is 34.1 Å². The molecular formula is C29H21N5O2S. The van der Waals surface area contributed by atoms with Gasteiger partial charge in [0.25, 0.3) is 0 Å². The smallest absolute Gasteiger partial charge is 0.369 e. The van der Waals surface area contributed by atoms with Crippen LogP contribution in [0.2, 0.25) is 0 Å². The number of ether oxygens (including phenoxy) is 1. The van der Waals surface area contributed by atoms with Gasteiger partial charge in [0.1, 0.15) is 11.6 Å². The summed E-state index contributed by atoms with van der Waals surface area (Å²) in [5, 5.41) is 14.8. The largest absolute Gasteiger partial charge is 0.461 e. The number of benzene rings is 3. The number of esters is 1. The molecule has 0 radical (unpaired) electrons. The second-order valence-corrected chi connectivity index (χ2v) is 8.82. The van der Waals surface area contributed by atoms with Crippen LogP contribution < -0.4 is 4.80 Å². The molecule has 8 heteroatoms. The molecule has 0 aliphatic carbocycles. The Balaban J connectivity index is 1.79. The highest BCUT2D eigenvalue weighted by atomic mass is 32.1. The zero-order chi connectivity index (χ0) is 25.6. The molecule has 0 aliphatic heterocycles. The van der Waals surface area contributed by atoms with Gasteiger partial charge in [-0.25, -0.2) is 14.5 Å². The second-order valence-electron chi connectivity index (χ2n) is 7.87. The van der Waals surface area contributed by atoms with Crippen LogP contribution in [0.4, 0.5) is 5.82 Å². The molecule has 180 valence electrons. The van der Waals surface area contributed by atoms with Gasteiger partial charge < -0.3 is 4.74 Å². The topological polar surface area (TPSA) is 93.2 Å². The normalized spacial score (nSPS) is 11.2. The first-order valence-electron chi connectivity index (χ1n) is 11.6. The number of carbonyl (C=O) groups excluding carboxylic acids is 1. The lowest BCUT2D eigenvalue weighted by atomic mass is 9.98. The van der Waals surface area contributed by atoms with Crippen LogP contribution in [0.5, 0.6) is 0 Å². The Bertz CT molecular complexity index is 1650. The predicted molar refractivity (Wildman–Crippen MR) is 142 cm³/mol. The van der Waals surface area contributed by atoms with Crippen molar-refractivity contribution in [2.75, 3.05) is 6.61 Å². The zero-order valence-corrected chi connectivity index (χ0v) is 20.7. The van der Waals surface area contributed by atoms with Gasteiger partial charge in [0.15, 0.2) is 5.82 Å². The Morgan fingerprint density at radius 2 is 1.59 bits per heavy atom. The van der Waals surface area contributed by atoms with Gasteiger partial charge >= 0.3 is 5.97 Å². The molecule has 0 aliphatic rings. The first kappa shape index (κ1) is 23.9. The van der Waals surface area contributed by atoms with Gasteiger partial charge in [-0.15, -0.1) is 5.10 Å². The van der Waals surface area contributed by atoms with Crippen molar-refractivity contribution in [3.63, 3.8) is 0 Å². The average Bonchev–Trinajstić information content (AvgIpc) is 3.38. The Morgan fingerprint density at radius 3 is 2.22 bits per heavy atom. The summed E-state index contributed by atoms with van der Waals surface area (Å²) in [5.74, 6) is -0.290. The van der Waals surface area contributed by atoms with Gasteiger partial charge in [0.2, 0.25) is 9.81 Å². The van der Waals surface area contributed by atoms with Crippen molar-refractivity contribution in [1.82, 2.24) is 14.8 Å². The van der Waals surface area contributed by atoms with Gasteiger partial charge in [0.05, 0.1) is 18.0 Å². The molecule has 2 heterocycles. The molecule has 5 rings (SSSR count). The van der Waals surface area contributed by atoms with Gasteiger partial charge in [-0.1, -0.05) is 90.2 Å². The molecule has 7 nitrogen and oxygen atoms in total. The number of hydrogen-bond donors (Lipinski definition) is 0. The summed E-state index contributed by atoms with van der Waals surface area (Å²) in [5.41, 5.74) is 4.22. The van der Waals surface area contributed by atoms with Crippen molar-refractivity contribution in [3.05, 3.63) is 112 Å². The molecular weight excluding hydrogens is 482 g/mol. The molecule has 2 aromatic heterocycles. The Hall–Kier alpha value is -4.87.